The molecule has 1 N–H and O–H groups in total. The molecule has 5 nitrogen and oxygen atoms in total. The van der Waals surface area contributed by atoms with Crippen LogP contribution in [-0.4, -0.2) is 24.3 Å². The topological polar surface area (TPSA) is 51.4 Å². The molecule has 3 aromatic rings. The zero-order valence-electron chi connectivity index (χ0n) is 10.2. The minimum atomic E-state index is 0.684. The predicted octanol–water partition coefficient (Wildman–Crippen LogP) is 2.18. The van der Waals surface area contributed by atoms with E-state index in [0.717, 1.165) is 22.4 Å². The van der Waals surface area contributed by atoms with Crippen molar-refractivity contribution in [2.24, 2.45) is 7.05 Å². The van der Waals surface area contributed by atoms with Gasteiger partial charge in [0.2, 0.25) is 0 Å². The summed E-state index contributed by atoms with van der Waals surface area (Å²) in [5.74, 6) is 0. The van der Waals surface area contributed by atoms with Gasteiger partial charge in [-0.15, -0.1) is 0 Å². The van der Waals surface area contributed by atoms with Gasteiger partial charge in [0.15, 0.2) is 10.4 Å². The maximum Gasteiger partial charge on any atom is 0.179 e. The third-order valence-electron chi connectivity index (χ3n) is 2.86. The van der Waals surface area contributed by atoms with Gasteiger partial charge in [0.25, 0.3) is 0 Å². The van der Waals surface area contributed by atoms with Gasteiger partial charge in [-0.2, -0.15) is 5.10 Å². The second-order valence-corrected chi connectivity index (χ2v) is 4.75. The van der Waals surface area contributed by atoms with E-state index in [2.05, 4.69) is 15.1 Å². The summed E-state index contributed by atoms with van der Waals surface area (Å²) < 4.78 is 4.47. The molecule has 0 aliphatic carbocycles. The zero-order chi connectivity index (χ0) is 12.7. The fraction of sp³-hybridized carbons (Fsp3) is 0.250. The van der Waals surface area contributed by atoms with Gasteiger partial charge in [0, 0.05) is 24.5 Å². The molecule has 0 bridgehead atoms. The summed E-state index contributed by atoms with van der Waals surface area (Å²) in [7, 11) is 1.90. The Morgan fingerprint density at radius 2 is 2.22 bits per heavy atom. The molecule has 0 aromatic carbocycles. The number of aromatic nitrogens is 5. The molecule has 3 rings (SSSR count). The van der Waals surface area contributed by atoms with Crippen LogP contribution in [0.5, 0.6) is 0 Å². The monoisotopic (exact) mass is 259 g/mol. The Kier molecular flexibility index (Phi) is 2.52. The number of rotatable bonds is 2. The van der Waals surface area contributed by atoms with Gasteiger partial charge >= 0.3 is 0 Å². The lowest BCUT2D eigenvalue weighted by Gasteiger charge is -2.01. The van der Waals surface area contributed by atoms with Crippen molar-refractivity contribution in [2.75, 3.05) is 0 Å². The van der Waals surface area contributed by atoms with E-state index in [9.17, 15) is 0 Å². The Morgan fingerprint density at radius 1 is 1.39 bits per heavy atom. The molecular formula is C12H13N5S. The van der Waals surface area contributed by atoms with Crippen LogP contribution < -0.4 is 0 Å². The van der Waals surface area contributed by atoms with Gasteiger partial charge in [0.05, 0.1) is 18.3 Å². The average molecular weight is 259 g/mol. The summed E-state index contributed by atoms with van der Waals surface area (Å²) in [6.45, 7) is 2.66. The molecule has 3 heterocycles. The van der Waals surface area contributed by atoms with E-state index >= 15 is 0 Å². The van der Waals surface area contributed by atoms with Gasteiger partial charge in [-0.3, -0.25) is 9.25 Å². The first-order chi connectivity index (χ1) is 8.63. The normalized spacial score (nSPS) is 11.2. The Balaban J connectivity index is 2.13. The minimum Gasteiger partial charge on any atom is -0.329 e. The lowest BCUT2D eigenvalue weighted by Crippen LogP contribution is -2.00. The largest absolute Gasteiger partial charge is 0.329 e. The number of aromatic amines is 1. The van der Waals surface area contributed by atoms with Crippen molar-refractivity contribution in [1.82, 2.24) is 24.3 Å². The predicted molar refractivity (Wildman–Crippen MR) is 72.0 cm³/mol. The van der Waals surface area contributed by atoms with Crippen LogP contribution in [-0.2, 0) is 13.6 Å². The fourth-order valence-corrected chi connectivity index (χ4v) is 2.27. The Hall–Kier alpha value is -1.95. The third kappa shape index (κ3) is 1.84. The van der Waals surface area contributed by atoms with Crippen molar-refractivity contribution < 1.29 is 0 Å². The number of nitrogens with one attached hydrogen (secondary N) is 1. The van der Waals surface area contributed by atoms with Crippen LogP contribution in [0.1, 0.15) is 11.3 Å². The molecule has 0 spiro atoms. The highest BCUT2D eigenvalue weighted by Crippen LogP contribution is 2.14. The Labute approximate surface area is 109 Å². The maximum absolute atomic E-state index is 5.34. The van der Waals surface area contributed by atoms with Crippen molar-refractivity contribution in [3.8, 4) is 0 Å². The number of pyridine rings is 1. The second-order valence-electron chi connectivity index (χ2n) is 4.36. The molecule has 0 unspecified atom stereocenters. The molecule has 6 heteroatoms. The smallest absolute Gasteiger partial charge is 0.179 e. The number of hydrogen-bond donors (Lipinski definition) is 1. The maximum atomic E-state index is 5.34. The van der Waals surface area contributed by atoms with Crippen LogP contribution in [0.2, 0.25) is 0 Å². The van der Waals surface area contributed by atoms with Gasteiger partial charge in [-0.25, -0.2) is 4.98 Å². The summed E-state index contributed by atoms with van der Waals surface area (Å²) in [5, 5.41) is 4.16. The first kappa shape index (κ1) is 11.2. The molecule has 0 radical (unpaired) electrons. The van der Waals surface area contributed by atoms with E-state index in [1.54, 1.807) is 4.68 Å². The van der Waals surface area contributed by atoms with E-state index in [4.69, 9.17) is 12.2 Å². The Bertz CT molecular complexity index is 764. The molecule has 0 aliphatic rings. The van der Waals surface area contributed by atoms with Crippen LogP contribution in [0, 0.1) is 11.7 Å². The molecule has 0 fully saturated rings. The molecule has 0 saturated carbocycles. The zero-order valence-corrected chi connectivity index (χ0v) is 11.0. The number of fused-ring (bicyclic) bond motifs is 1. The number of hydrogen-bond acceptors (Lipinski definition) is 3. The van der Waals surface area contributed by atoms with Crippen molar-refractivity contribution >= 4 is 23.4 Å². The lowest BCUT2D eigenvalue weighted by molar-refractivity contribution is 0.762. The first-order valence-electron chi connectivity index (χ1n) is 5.67. The Morgan fingerprint density at radius 3 is 2.94 bits per heavy atom. The summed E-state index contributed by atoms with van der Waals surface area (Å²) >= 11 is 5.34. The second kappa shape index (κ2) is 4.06. The quantitative estimate of drug-likeness (QED) is 0.718. The fourth-order valence-electron chi connectivity index (χ4n) is 2.01. The van der Waals surface area contributed by atoms with Crippen molar-refractivity contribution in [2.45, 2.75) is 13.5 Å². The number of H-pyrrole nitrogens is 1. The number of aryl methyl sites for hydroxylation is 2. The highest BCUT2D eigenvalue weighted by Gasteiger charge is 2.07. The van der Waals surface area contributed by atoms with Gasteiger partial charge in [-0.05, 0) is 31.3 Å². The van der Waals surface area contributed by atoms with Crippen molar-refractivity contribution in [3.63, 3.8) is 0 Å². The van der Waals surface area contributed by atoms with Crippen LogP contribution >= 0.6 is 12.2 Å². The van der Waals surface area contributed by atoms with Crippen LogP contribution in [0.4, 0.5) is 0 Å². The van der Waals surface area contributed by atoms with Crippen LogP contribution in [0.3, 0.4) is 0 Å². The lowest BCUT2D eigenvalue weighted by atomic mass is 10.3. The number of nitrogens with zero attached hydrogens (tertiary/aromatic N) is 4. The van der Waals surface area contributed by atoms with E-state index < -0.39 is 0 Å². The van der Waals surface area contributed by atoms with Crippen molar-refractivity contribution in [3.05, 3.63) is 40.6 Å². The van der Waals surface area contributed by atoms with Gasteiger partial charge in [-0.1, -0.05) is 0 Å². The van der Waals surface area contributed by atoms with Gasteiger partial charge in [0.1, 0.15) is 0 Å². The summed E-state index contributed by atoms with van der Waals surface area (Å²) in [6.07, 6.45) is 3.83. The van der Waals surface area contributed by atoms with E-state index in [-0.39, 0.29) is 0 Å². The van der Waals surface area contributed by atoms with Crippen LogP contribution in [0.25, 0.3) is 11.2 Å². The average Bonchev–Trinajstić information content (AvgIpc) is 2.86. The molecule has 0 amide bonds. The highest BCUT2D eigenvalue weighted by molar-refractivity contribution is 7.71. The molecule has 3 aromatic heterocycles. The molecule has 0 aliphatic heterocycles. The van der Waals surface area contributed by atoms with Gasteiger partial charge < -0.3 is 4.98 Å². The van der Waals surface area contributed by atoms with Crippen molar-refractivity contribution in [1.29, 1.82) is 0 Å². The minimum absolute atomic E-state index is 0.684. The third-order valence-corrected chi connectivity index (χ3v) is 3.18. The van der Waals surface area contributed by atoms with E-state index in [1.165, 1.54) is 0 Å². The number of imidazole rings is 1. The summed E-state index contributed by atoms with van der Waals surface area (Å²) in [5.41, 5.74) is 3.95. The van der Waals surface area contributed by atoms with E-state index in [0.29, 0.717) is 11.3 Å². The molecule has 18 heavy (non-hydrogen) atoms. The van der Waals surface area contributed by atoms with Crippen LogP contribution in [0.15, 0.2) is 24.5 Å². The highest BCUT2D eigenvalue weighted by atomic mass is 32.1. The van der Waals surface area contributed by atoms with E-state index in [1.807, 2.05) is 43.1 Å². The first-order valence-corrected chi connectivity index (χ1v) is 6.08. The molecule has 0 saturated heterocycles. The molecular weight excluding hydrogens is 246 g/mol. The molecule has 0 atom stereocenters. The summed E-state index contributed by atoms with van der Waals surface area (Å²) in [6, 6.07) is 3.98. The molecule has 92 valence electrons. The summed E-state index contributed by atoms with van der Waals surface area (Å²) in [4.78, 5) is 7.71. The standard InChI is InChI=1S/C12H13N5S/c1-8-3-4-10-11(14-8)17(12(18)15-10)7-9-5-13-16(2)6-9/h3-6H,7H2,1-2H3,(H,15,18). The SMILES string of the molecule is Cc1ccc2[nH]c(=S)n(Cc3cnn(C)c3)c2n1.